The standard InChI is InChI=1S/C19H24O2/c1-13(2)19(16-5-9-17(20)10-6-16)14(3)15-7-11-18(21-4)12-8-15/h5,7-14,20H,6H2,1-4H3. The molecule has 0 bridgehead atoms. The highest BCUT2D eigenvalue weighted by atomic mass is 16.5. The highest BCUT2D eigenvalue weighted by Gasteiger charge is 2.19. The Kier molecular flexibility index (Phi) is 4.89. The molecule has 1 N–H and O–H groups in total. The van der Waals surface area contributed by atoms with Crippen molar-refractivity contribution in [1.29, 1.82) is 0 Å². The van der Waals surface area contributed by atoms with E-state index in [0.717, 1.165) is 12.2 Å². The van der Waals surface area contributed by atoms with E-state index in [1.807, 2.05) is 24.3 Å². The monoisotopic (exact) mass is 284 g/mol. The van der Waals surface area contributed by atoms with Crippen molar-refractivity contribution in [3.63, 3.8) is 0 Å². The lowest BCUT2D eigenvalue weighted by Crippen LogP contribution is -2.08. The minimum atomic E-state index is 0.351. The van der Waals surface area contributed by atoms with Crippen LogP contribution in [0.1, 0.15) is 38.7 Å². The quantitative estimate of drug-likeness (QED) is 0.828. The molecule has 1 aliphatic carbocycles. The fourth-order valence-corrected chi connectivity index (χ4v) is 2.97. The van der Waals surface area contributed by atoms with Crippen LogP contribution in [0.5, 0.6) is 5.75 Å². The second-order valence-electron chi connectivity index (χ2n) is 5.80. The largest absolute Gasteiger partial charge is 0.508 e. The van der Waals surface area contributed by atoms with Crippen LogP contribution in [0.4, 0.5) is 0 Å². The zero-order valence-electron chi connectivity index (χ0n) is 13.3. The molecule has 2 heteroatoms. The molecule has 1 aromatic rings. The van der Waals surface area contributed by atoms with E-state index in [9.17, 15) is 5.11 Å². The van der Waals surface area contributed by atoms with Crippen molar-refractivity contribution in [1.82, 2.24) is 0 Å². The van der Waals surface area contributed by atoms with Gasteiger partial charge in [-0.1, -0.05) is 44.6 Å². The number of aliphatic hydroxyl groups excluding tert-OH is 1. The van der Waals surface area contributed by atoms with Gasteiger partial charge >= 0.3 is 0 Å². The summed E-state index contributed by atoms with van der Waals surface area (Å²) in [6, 6.07) is 8.28. The van der Waals surface area contributed by atoms with Crippen molar-refractivity contribution in [3.05, 3.63) is 65.0 Å². The van der Waals surface area contributed by atoms with Crippen LogP contribution in [0.25, 0.3) is 0 Å². The van der Waals surface area contributed by atoms with Gasteiger partial charge in [0.25, 0.3) is 0 Å². The second kappa shape index (κ2) is 6.66. The average molecular weight is 284 g/mol. The molecule has 1 atom stereocenters. The number of rotatable bonds is 4. The Morgan fingerprint density at radius 3 is 2.24 bits per heavy atom. The third-order valence-electron chi connectivity index (χ3n) is 4.06. The van der Waals surface area contributed by atoms with Crippen LogP contribution in [0.3, 0.4) is 0 Å². The van der Waals surface area contributed by atoms with E-state index in [4.69, 9.17) is 4.74 Å². The van der Waals surface area contributed by atoms with Crippen LogP contribution in [-0.2, 0) is 0 Å². The summed E-state index contributed by atoms with van der Waals surface area (Å²) in [5, 5.41) is 9.50. The van der Waals surface area contributed by atoms with E-state index < -0.39 is 0 Å². The van der Waals surface area contributed by atoms with Crippen LogP contribution >= 0.6 is 0 Å². The molecule has 0 aliphatic heterocycles. The Balaban J connectivity index is 2.34. The Morgan fingerprint density at radius 2 is 1.76 bits per heavy atom. The topological polar surface area (TPSA) is 29.5 Å². The molecule has 0 fully saturated rings. The molecule has 2 rings (SSSR count). The highest BCUT2D eigenvalue weighted by Crippen LogP contribution is 2.35. The number of allylic oxidation sites excluding steroid dienone is 5. The molecule has 0 saturated carbocycles. The van der Waals surface area contributed by atoms with Crippen LogP contribution in [0.2, 0.25) is 0 Å². The first-order valence-electron chi connectivity index (χ1n) is 7.47. The maximum Gasteiger partial charge on any atom is 0.118 e. The number of hydrogen-bond acceptors (Lipinski definition) is 2. The predicted molar refractivity (Wildman–Crippen MR) is 87.7 cm³/mol. The van der Waals surface area contributed by atoms with Gasteiger partial charge in [0.2, 0.25) is 0 Å². The van der Waals surface area contributed by atoms with Gasteiger partial charge in [0.1, 0.15) is 11.5 Å². The summed E-state index contributed by atoms with van der Waals surface area (Å²) in [5.41, 5.74) is 4.03. The predicted octanol–water partition coefficient (Wildman–Crippen LogP) is 5.15. The molecule has 1 aliphatic rings. The Labute approximate surface area is 127 Å². The van der Waals surface area contributed by atoms with Gasteiger partial charge in [-0.15, -0.1) is 0 Å². The van der Waals surface area contributed by atoms with Crippen molar-refractivity contribution in [2.75, 3.05) is 7.11 Å². The minimum Gasteiger partial charge on any atom is -0.508 e. The first-order valence-corrected chi connectivity index (χ1v) is 7.47. The van der Waals surface area contributed by atoms with Crippen molar-refractivity contribution < 1.29 is 9.84 Å². The average Bonchev–Trinajstić information content (AvgIpc) is 2.49. The molecule has 112 valence electrons. The van der Waals surface area contributed by atoms with E-state index >= 15 is 0 Å². The smallest absolute Gasteiger partial charge is 0.118 e. The molecule has 0 heterocycles. The van der Waals surface area contributed by atoms with E-state index in [2.05, 4.69) is 32.9 Å². The number of benzene rings is 1. The molecular weight excluding hydrogens is 260 g/mol. The van der Waals surface area contributed by atoms with Gasteiger partial charge in [-0.05, 0) is 47.8 Å². The molecule has 0 spiro atoms. The lowest BCUT2D eigenvalue weighted by Gasteiger charge is -2.24. The summed E-state index contributed by atoms with van der Waals surface area (Å²) in [6.45, 7) is 6.71. The normalized spacial score (nSPS) is 18.4. The molecular formula is C19H24O2. The summed E-state index contributed by atoms with van der Waals surface area (Å²) in [4.78, 5) is 0. The zero-order chi connectivity index (χ0) is 15.4. The molecule has 0 radical (unpaired) electrons. The van der Waals surface area contributed by atoms with Gasteiger partial charge in [-0.2, -0.15) is 0 Å². The summed E-state index contributed by atoms with van der Waals surface area (Å²) in [6.07, 6.45) is 6.50. The molecule has 1 aromatic carbocycles. The fraction of sp³-hybridized carbons (Fsp3) is 0.368. The first-order chi connectivity index (χ1) is 10.0. The lowest BCUT2D eigenvalue weighted by atomic mass is 9.81. The maximum absolute atomic E-state index is 9.50. The van der Waals surface area contributed by atoms with E-state index in [1.165, 1.54) is 16.7 Å². The molecule has 21 heavy (non-hydrogen) atoms. The van der Waals surface area contributed by atoms with Crippen molar-refractivity contribution in [3.8, 4) is 5.75 Å². The molecule has 0 amide bonds. The van der Waals surface area contributed by atoms with Crippen LogP contribution in [-0.4, -0.2) is 12.2 Å². The van der Waals surface area contributed by atoms with Gasteiger partial charge in [0, 0.05) is 5.92 Å². The molecule has 2 nitrogen and oxygen atoms in total. The number of ether oxygens (including phenoxy) is 1. The summed E-state index contributed by atoms with van der Waals surface area (Å²) < 4.78 is 5.23. The third-order valence-corrected chi connectivity index (χ3v) is 4.06. The molecule has 0 saturated heterocycles. The number of methoxy groups -OCH3 is 1. The summed E-state index contributed by atoms with van der Waals surface area (Å²) in [5.74, 6) is 2.06. The van der Waals surface area contributed by atoms with Gasteiger partial charge in [-0.25, -0.2) is 0 Å². The van der Waals surface area contributed by atoms with Gasteiger partial charge in [-0.3, -0.25) is 0 Å². The molecule has 1 unspecified atom stereocenters. The number of aliphatic hydroxyl groups is 1. The van der Waals surface area contributed by atoms with Gasteiger partial charge in [0.05, 0.1) is 7.11 Å². The van der Waals surface area contributed by atoms with E-state index in [0.29, 0.717) is 17.6 Å². The Hall–Kier alpha value is -1.96. The van der Waals surface area contributed by atoms with Crippen molar-refractivity contribution in [2.24, 2.45) is 5.92 Å². The van der Waals surface area contributed by atoms with Crippen LogP contribution in [0, 0.1) is 5.92 Å². The van der Waals surface area contributed by atoms with Gasteiger partial charge < -0.3 is 9.84 Å². The van der Waals surface area contributed by atoms with Crippen molar-refractivity contribution >= 4 is 0 Å². The zero-order valence-corrected chi connectivity index (χ0v) is 13.3. The van der Waals surface area contributed by atoms with Crippen LogP contribution < -0.4 is 4.74 Å². The summed E-state index contributed by atoms with van der Waals surface area (Å²) in [7, 11) is 1.69. The van der Waals surface area contributed by atoms with Crippen molar-refractivity contribution in [2.45, 2.75) is 33.1 Å². The van der Waals surface area contributed by atoms with E-state index in [-0.39, 0.29) is 0 Å². The summed E-state index contributed by atoms with van der Waals surface area (Å²) >= 11 is 0. The fourth-order valence-electron chi connectivity index (χ4n) is 2.97. The highest BCUT2D eigenvalue weighted by molar-refractivity contribution is 5.42. The minimum absolute atomic E-state index is 0.351. The first kappa shape index (κ1) is 15.4. The third kappa shape index (κ3) is 3.57. The Morgan fingerprint density at radius 1 is 1.10 bits per heavy atom. The SMILES string of the molecule is COc1ccc(C(C)C(=C2C=CC(O)=CC2)C(C)C)cc1. The molecule has 0 aromatic heterocycles. The maximum atomic E-state index is 9.50. The van der Waals surface area contributed by atoms with Crippen LogP contribution in [0.15, 0.2) is 59.4 Å². The number of hydrogen-bond donors (Lipinski definition) is 1. The van der Waals surface area contributed by atoms with E-state index in [1.54, 1.807) is 13.2 Å². The second-order valence-corrected chi connectivity index (χ2v) is 5.80. The van der Waals surface area contributed by atoms with Gasteiger partial charge in [0.15, 0.2) is 0 Å². The lowest BCUT2D eigenvalue weighted by molar-refractivity contribution is 0.414. The Bertz CT molecular complexity index is 574.